The molecule has 2 rings (SSSR count). The van der Waals surface area contributed by atoms with Crippen LogP contribution in [0.4, 0.5) is 0 Å². The Labute approximate surface area is 78.9 Å². The molecule has 1 atom stereocenters. The SMILES string of the molecule is N#CC[C]1CCC2(CC1)COC2N. The van der Waals surface area contributed by atoms with E-state index in [0.717, 1.165) is 32.3 Å². The van der Waals surface area contributed by atoms with Crippen LogP contribution < -0.4 is 5.73 Å². The number of ether oxygens (including phenoxy) is 1. The van der Waals surface area contributed by atoms with E-state index >= 15 is 0 Å². The van der Waals surface area contributed by atoms with Gasteiger partial charge in [0.25, 0.3) is 0 Å². The Morgan fingerprint density at radius 3 is 2.62 bits per heavy atom. The normalized spacial score (nSPS) is 32.5. The van der Waals surface area contributed by atoms with Gasteiger partial charge in [-0.2, -0.15) is 5.26 Å². The van der Waals surface area contributed by atoms with Crippen LogP contribution >= 0.6 is 0 Å². The molecule has 0 bridgehead atoms. The Bertz CT molecular complexity index is 226. The molecule has 1 heterocycles. The van der Waals surface area contributed by atoms with Crippen molar-refractivity contribution in [2.24, 2.45) is 11.1 Å². The standard InChI is InChI=1S/C10H15N2O/c11-6-3-8-1-4-10(5-2-8)7-13-9(10)12/h9H,1-5,7,12H2. The van der Waals surface area contributed by atoms with Gasteiger partial charge in [-0.3, -0.25) is 0 Å². The zero-order valence-corrected chi connectivity index (χ0v) is 7.75. The van der Waals surface area contributed by atoms with E-state index in [1.807, 2.05) is 0 Å². The first kappa shape index (κ1) is 8.98. The van der Waals surface area contributed by atoms with E-state index in [4.69, 9.17) is 15.7 Å². The summed E-state index contributed by atoms with van der Waals surface area (Å²) in [4.78, 5) is 0. The van der Waals surface area contributed by atoms with Gasteiger partial charge in [0.15, 0.2) is 0 Å². The lowest BCUT2D eigenvalue weighted by Crippen LogP contribution is -2.58. The van der Waals surface area contributed by atoms with Crippen LogP contribution in [0.25, 0.3) is 0 Å². The van der Waals surface area contributed by atoms with Gasteiger partial charge in [0.2, 0.25) is 0 Å². The largest absolute Gasteiger partial charge is 0.362 e. The maximum atomic E-state index is 8.55. The number of nitrogens with two attached hydrogens (primary N) is 1. The third kappa shape index (κ3) is 1.45. The van der Waals surface area contributed by atoms with Crippen molar-refractivity contribution in [2.45, 2.75) is 38.3 Å². The highest BCUT2D eigenvalue weighted by Gasteiger charge is 2.48. The molecular weight excluding hydrogens is 164 g/mol. The second-order valence-corrected chi connectivity index (χ2v) is 4.18. The molecule has 2 N–H and O–H groups in total. The lowest BCUT2D eigenvalue weighted by atomic mass is 9.67. The monoisotopic (exact) mass is 179 g/mol. The molecule has 0 aromatic heterocycles. The van der Waals surface area contributed by atoms with E-state index in [9.17, 15) is 0 Å². The van der Waals surface area contributed by atoms with Gasteiger partial charge in [-0.05, 0) is 31.6 Å². The summed E-state index contributed by atoms with van der Waals surface area (Å²) in [6, 6.07) is 2.21. The fourth-order valence-corrected chi connectivity index (χ4v) is 2.23. The predicted molar refractivity (Wildman–Crippen MR) is 48.3 cm³/mol. The van der Waals surface area contributed by atoms with Gasteiger partial charge in [0.1, 0.15) is 6.23 Å². The molecule has 0 aromatic carbocycles. The summed E-state index contributed by atoms with van der Waals surface area (Å²) >= 11 is 0. The van der Waals surface area contributed by atoms with Gasteiger partial charge in [-0.25, -0.2) is 0 Å². The van der Waals surface area contributed by atoms with Crippen LogP contribution in [0, 0.1) is 22.7 Å². The van der Waals surface area contributed by atoms with E-state index in [1.165, 1.54) is 5.92 Å². The van der Waals surface area contributed by atoms with Crippen LogP contribution in [0.2, 0.25) is 0 Å². The Hall–Kier alpha value is -0.590. The molecule has 1 unspecified atom stereocenters. The van der Waals surface area contributed by atoms with Crippen LogP contribution in [-0.4, -0.2) is 12.8 Å². The van der Waals surface area contributed by atoms with Crippen molar-refractivity contribution in [1.29, 1.82) is 5.26 Å². The van der Waals surface area contributed by atoms with Crippen LogP contribution in [0.5, 0.6) is 0 Å². The molecule has 1 aliphatic heterocycles. The molecule has 1 saturated heterocycles. The maximum Gasteiger partial charge on any atom is 0.113 e. The number of hydrogen-bond acceptors (Lipinski definition) is 3. The number of hydrogen-bond donors (Lipinski definition) is 1. The first-order valence-corrected chi connectivity index (χ1v) is 4.84. The molecule has 71 valence electrons. The summed E-state index contributed by atoms with van der Waals surface area (Å²) in [5.74, 6) is 1.40. The quantitative estimate of drug-likeness (QED) is 0.661. The number of nitrogens with zero attached hydrogens (tertiary/aromatic N) is 1. The molecule has 2 aliphatic rings. The lowest BCUT2D eigenvalue weighted by molar-refractivity contribution is -0.196. The second-order valence-electron chi connectivity index (χ2n) is 4.18. The molecule has 0 aromatic rings. The van der Waals surface area contributed by atoms with Gasteiger partial charge in [-0.15, -0.1) is 0 Å². The Morgan fingerprint density at radius 2 is 2.23 bits per heavy atom. The van der Waals surface area contributed by atoms with Crippen LogP contribution in [0.15, 0.2) is 0 Å². The molecule has 2 fully saturated rings. The molecule has 13 heavy (non-hydrogen) atoms. The van der Waals surface area contributed by atoms with Crippen LogP contribution in [0.3, 0.4) is 0 Å². The van der Waals surface area contributed by atoms with Gasteiger partial charge < -0.3 is 10.5 Å². The second kappa shape index (κ2) is 3.28. The average Bonchev–Trinajstić information content (AvgIpc) is 2.17. The summed E-state index contributed by atoms with van der Waals surface area (Å²) in [6.07, 6.45) is 4.97. The van der Waals surface area contributed by atoms with E-state index in [-0.39, 0.29) is 11.6 Å². The lowest BCUT2D eigenvalue weighted by Gasteiger charge is -2.50. The minimum Gasteiger partial charge on any atom is -0.362 e. The third-order valence-electron chi connectivity index (χ3n) is 3.44. The highest BCUT2D eigenvalue weighted by atomic mass is 16.5. The smallest absolute Gasteiger partial charge is 0.113 e. The zero-order valence-electron chi connectivity index (χ0n) is 7.75. The summed E-state index contributed by atoms with van der Waals surface area (Å²) in [7, 11) is 0. The Morgan fingerprint density at radius 1 is 1.54 bits per heavy atom. The summed E-state index contributed by atoms with van der Waals surface area (Å²) in [5, 5.41) is 8.55. The van der Waals surface area contributed by atoms with E-state index in [1.54, 1.807) is 0 Å². The summed E-state index contributed by atoms with van der Waals surface area (Å²) in [6.45, 7) is 0.827. The van der Waals surface area contributed by atoms with Crippen molar-refractivity contribution in [3.8, 4) is 6.07 Å². The van der Waals surface area contributed by atoms with Crippen molar-refractivity contribution in [3.05, 3.63) is 5.92 Å². The fourth-order valence-electron chi connectivity index (χ4n) is 2.23. The molecule has 1 radical (unpaired) electrons. The van der Waals surface area contributed by atoms with E-state index in [2.05, 4.69) is 6.07 Å². The van der Waals surface area contributed by atoms with Gasteiger partial charge in [-0.1, -0.05) is 0 Å². The molecule has 3 heteroatoms. The molecular formula is C10H15N2O. The molecule has 1 saturated carbocycles. The van der Waals surface area contributed by atoms with Gasteiger partial charge in [0, 0.05) is 11.8 Å². The van der Waals surface area contributed by atoms with Crippen molar-refractivity contribution >= 4 is 0 Å². The number of rotatable bonds is 1. The van der Waals surface area contributed by atoms with Crippen molar-refractivity contribution in [2.75, 3.05) is 6.61 Å². The Kier molecular flexibility index (Phi) is 2.27. The highest BCUT2D eigenvalue weighted by molar-refractivity contribution is 5.07. The predicted octanol–water partition coefficient (Wildman–Crippen LogP) is 1.35. The minimum atomic E-state index is -0.0452. The number of nitriles is 1. The molecule has 1 aliphatic carbocycles. The summed E-state index contributed by atoms with van der Waals surface area (Å²) in [5.41, 5.74) is 6.07. The van der Waals surface area contributed by atoms with Crippen molar-refractivity contribution < 1.29 is 4.74 Å². The van der Waals surface area contributed by atoms with Crippen molar-refractivity contribution in [3.63, 3.8) is 0 Å². The van der Waals surface area contributed by atoms with Crippen LogP contribution in [0.1, 0.15) is 32.1 Å². The minimum absolute atomic E-state index is 0.0452. The first-order valence-electron chi connectivity index (χ1n) is 4.84. The van der Waals surface area contributed by atoms with E-state index in [0.29, 0.717) is 6.42 Å². The van der Waals surface area contributed by atoms with E-state index < -0.39 is 0 Å². The molecule has 0 amide bonds. The fraction of sp³-hybridized carbons (Fsp3) is 0.800. The maximum absolute atomic E-state index is 8.55. The Balaban J connectivity index is 1.86. The topological polar surface area (TPSA) is 59.0 Å². The first-order chi connectivity index (χ1) is 6.27. The van der Waals surface area contributed by atoms with Crippen molar-refractivity contribution in [1.82, 2.24) is 0 Å². The highest BCUT2D eigenvalue weighted by Crippen LogP contribution is 2.47. The zero-order chi connectivity index (χ0) is 9.31. The molecule has 1 spiro atoms. The third-order valence-corrected chi connectivity index (χ3v) is 3.44. The van der Waals surface area contributed by atoms with Crippen LogP contribution in [-0.2, 0) is 4.74 Å². The average molecular weight is 179 g/mol. The van der Waals surface area contributed by atoms with Gasteiger partial charge in [0.05, 0.1) is 12.7 Å². The van der Waals surface area contributed by atoms with Gasteiger partial charge >= 0.3 is 0 Å². The molecule has 3 nitrogen and oxygen atoms in total. The summed E-state index contributed by atoms with van der Waals surface area (Å²) < 4.78 is 5.22.